The van der Waals surface area contributed by atoms with Gasteiger partial charge in [0, 0.05) is 12.6 Å². The van der Waals surface area contributed by atoms with Crippen molar-refractivity contribution in [1.29, 1.82) is 0 Å². The highest BCUT2D eigenvalue weighted by Gasteiger charge is 2.14. The number of benzene rings is 1. The van der Waals surface area contributed by atoms with E-state index in [9.17, 15) is 9.18 Å². The standard InChI is InChI=1S/C13H13FN2O3/c1-2-16-10(7-15-12(16)13(17)18)8-19-11-5-3-4-9(14)6-11/h3-7H,2,8H2,1H3,(H,17,18). The Kier molecular flexibility index (Phi) is 3.79. The minimum atomic E-state index is -1.08. The first-order valence-corrected chi connectivity index (χ1v) is 5.78. The molecule has 1 heterocycles. The summed E-state index contributed by atoms with van der Waals surface area (Å²) >= 11 is 0. The van der Waals surface area contributed by atoms with Gasteiger partial charge in [0.25, 0.3) is 0 Å². The molecule has 1 aromatic carbocycles. The van der Waals surface area contributed by atoms with E-state index in [1.165, 1.54) is 18.3 Å². The fourth-order valence-electron chi connectivity index (χ4n) is 1.76. The van der Waals surface area contributed by atoms with Crippen LogP contribution < -0.4 is 4.74 Å². The summed E-state index contributed by atoms with van der Waals surface area (Å²) in [6, 6.07) is 5.77. The maximum absolute atomic E-state index is 13.0. The molecule has 0 saturated carbocycles. The molecule has 5 nitrogen and oxygen atoms in total. The van der Waals surface area contributed by atoms with E-state index in [-0.39, 0.29) is 18.2 Å². The first-order chi connectivity index (χ1) is 9.11. The Balaban J connectivity index is 2.14. The zero-order valence-electron chi connectivity index (χ0n) is 10.3. The Morgan fingerprint density at radius 2 is 2.32 bits per heavy atom. The van der Waals surface area contributed by atoms with Crippen LogP contribution in [0.4, 0.5) is 4.39 Å². The molecule has 1 aromatic heterocycles. The lowest BCUT2D eigenvalue weighted by Gasteiger charge is -2.09. The van der Waals surface area contributed by atoms with E-state index in [4.69, 9.17) is 9.84 Å². The number of aromatic carboxylic acids is 1. The fraction of sp³-hybridized carbons (Fsp3) is 0.231. The van der Waals surface area contributed by atoms with E-state index in [0.29, 0.717) is 18.0 Å². The largest absolute Gasteiger partial charge is 0.487 e. The van der Waals surface area contributed by atoms with Gasteiger partial charge in [-0.25, -0.2) is 14.2 Å². The average molecular weight is 264 g/mol. The van der Waals surface area contributed by atoms with Crippen LogP contribution >= 0.6 is 0 Å². The Morgan fingerprint density at radius 1 is 1.53 bits per heavy atom. The third-order valence-electron chi connectivity index (χ3n) is 2.63. The Morgan fingerprint density at radius 3 is 2.95 bits per heavy atom. The van der Waals surface area contributed by atoms with Crippen LogP contribution in [-0.2, 0) is 13.2 Å². The summed E-state index contributed by atoms with van der Waals surface area (Å²) in [4.78, 5) is 14.8. The number of carboxylic acid groups (broad SMARTS) is 1. The van der Waals surface area contributed by atoms with Crippen LogP contribution in [0.25, 0.3) is 0 Å². The first-order valence-electron chi connectivity index (χ1n) is 5.78. The molecule has 2 rings (SSSR count). The van der Waals surface area contributed by atoms with Gasteiger partial charge in [-0.1, -0.05) is 6.07 Å². The van der Waals surface area contributed by atoms with Crippen LogP contribution in [0.1, 0.15) is 23.2 Å². The van der Waals surface area contributed by atoms with Crippen molar-refractivity contribution in [3.63, 3.8) is 0 Å². The van der Waals surface area contributed by atoms with Crippen molar-refractivity contribution < 1.29 is 19.0 Å². The molecule has 0 aliphatic rings. The molecule has 0 radical (unpaired) electrons. The number of carbonyl (C=O) groups is 1. The van der Waals surface area contributed by atoms with Gasteiger partial charge in [0.2, 0.25) is 5.82 Å². The van der Waals surface area contributed by atoms with Crippen molar-refractivity contribution in [2.45, 2.75) is 20.1 Å². The second kappa shape index (κ2) is 5.51. The second-order valence-electron chi connectivity index (χ2n) is 3.87. The molecule has 100 valence electrons. The van der Waals surface area contributed by atoms with Gasteiger partial charge in [0.1, 0.15) is 18.2 Å². The molecule has 0 amide bonds. The average Bonchev–Trinajstić information content (AvgIpc) is 2.79. The number of carboxylic acids is 1. The van der Waals surface area contributed by atoms with Crippen LogP contribution in [0.15, 0.2) is 30.5 Å². The summed E-state index contributed by atoms with van der Waals surface area (Å²) in [7, 11) is 0. The lowest BCUT2D eigenvalue weighted by atomic mass is 10.3. The summed E-state index contributed by atoms with van der Waals surface area (Å²) < 4.78 is 19.9. The molecule has 0 fully saturated rings. The van der Waals surface area contributed by atoms with E-state index >= 15 is 0 Å². The highest BCUT2D eigenvalue weighted by molar-refractivity contribution is 5.83. The number of imidazole rings is 1. The van der Waals surface area contributed by atoms with Crippen LogP contribution in [-0.4, -0.2) is 20.6 Å². The van der Waals surface area contributed by atoms with Gasteiger partial charge in [-0.05, 0) is 19.1 Å². The highest BCUT2D eigenvalue weighted by Crippen LogP contribution is 2.15. The van der Waals surface area contributed by atoms with Gasteiger partial charge in [-0.15, -0.1) is 0 Å². The van der Waals surface area contributed by atoms with Crippen molar-refractivity contribution in [1.82, 2.24) is 9.55 Å². The lowest BCUT2D eigenvalue weighted by Crippen LogP contribution is -2.12. The van der Waals surface area contributed by atoms with Crippen molar-refractivity contribution >= 4 is 5.97 Å². The predicted molar refractivity (Wildman–Crippen MR) is 65.6 cm³/mol. The molecule has 0 saturated heterocycles. The Labute approximate surface area is 109 Å². The summed E-state index contributed by atoms with van der Waals surface area (Å²) in [5.74, 6) is -1.10. The smallest absolute Gasteiger partial charge is 0.372 e. The van der Waals surface area contributed by atoms with Crippen LogP contribution in [0.2, 0.25) is 0 Å². The second-order valence-corrected chi connectivity index (χ2v) is 3.87. The third-order valence-corrected chi connectivity index (χ3v) is 2.63. The minimum Gasteiger partial charge on any atom is -0.487 e. The van der Waals surface area contributed by atoms with Crippen molar-refractivity contribution in [2.75, 3.05) is 0 Å². The monoisotopic (exact) mass is 264 g/mol. The summed E-state index contributed by atoms with van der Waals surface area (Å²) in [5, 5.41) is 8.96. The molecule has 0 atom stereocenters. The number of aromatic nitrogens is 2. The molecule has 0 spiro atoms. The first kappa shape index (κ1) is 13.1. The predicted octanol–water partition coefficient (Wildman–Crippen LogP) is 2.32. The van der Waals surface area contributed by atoms with Crippen molar-refractivity contribution in [3.8, 4) is 5.75 Å². The van der Waals surface area contributed by atoms with Crippen LogP contribution in [0.5, 0.6) is 5.75 Å². The van der Waals surface area contributed by atoms with E-state index in [1.807, 2.05) is 6.92 Å². The van der Waals surface area contributed by atoms with Gasteiger partial charge < -0.3 is 14.4 Å². The maximum atomic E-state index is 13.0. The molecular formula is C13H13FN2O3. The van der Waals surface area contributed by atoms with Crippen LogP contribution in [0.3, 0.4) is 0 Å². The quantitative estimate of drug-likeness (QED) is 0.900. The number of halogens is 1. The molecule has 1 N–H and O–H groups in total. The Hall–Kier alpha value is -2.37. The zero-order chi connectivity index (χ0) is 13.8. The molecule has 0 bridgehead atoms. The fourth-order valence-corrected chi connectivity index (χ4v) is 1.76. The molecule has 19 heavy (non-hydrogen) atoms. The highest BCUT2D eigenvalue weighted by atomic mass is 19.1. The van der Waals surface area contributed by atoms with E-state index in [0.717, 1.165) is 0 Å². The molecule has 2 aromatic rings. The number of nitrogens with zero attached hydrogens (tertiary/aromatic N) is 2. The van der Waals surface area contributed by atoms with Gasteiger partial charge in [0.05, 0.1) is 11.9 Å². The molecule has 0 unspecified atom stereocenters. The molecule has 0 aliphatic heterocycles. The summed E-state index contributed by atoms with van der Waals surface area (Å²) in [6.45, 7) is 2.43. The molecule has 6 heteroatoms. The Bertz CT molecular complexity index is 595. The number of hydrogen-bond donors (Lipinski definition) is 1. The van der Waals surface area contributed by atoms with E-state index in [2.05, 4.69) is 4.98 Å². The van der Waals surface area contributed by atoms with Crippen LogP contribution in [0, 0.1) is 5.82 Å². The van der Waals surface area contributed by atoms with Gasteiger partial charge >= 0.3 is 5.97 Å². The van der Waals surface area contributed by atoms with E-state index < -0.39 is 5.97 Å². The third kappa shape index (κ3) is 2.90. The van der Waals surface area contributed by atoms with Gasteiger partial charge in [-0.2, -0.15) is 0 Å². The topological polar surface area (TPSA) is 64.4 Å². The SMILES string of the molecule is CCn1c(COc2cccc(F)c2)cnc1C(=O)O. The lowest BCUT2D eigenvalue weighted by molar-refractivity contribution is 0.0677. The number of hydrogen-bond acceptors (Lipinski definition) is 3. The molecule has 0 aliphatic carbocycles. The van der Waals surface area contributed by atoms with Crippen molar-refractivity contribution in [2.24, 2.45) is 0 Å². The van der Waals surface area contributed by atoms with Crippen molar-refractivity contribution in [3.05, 3.63) is 47.8 Å². The maximum Gasteiger partial charge on any atom is 0.372 e. The molecular weight excluding hydrogens is 251 g/mol. The van der Waals surface area contributed by atoms with Gasteiger partial charge in [-0.3, -0.25) is 0 Å². The minimum absolute atomic E-state index is 0.0275. The summed E-state index contributed by atoms with van der Waals surface area (Å²) in [5.41, 5.74) is 0.629. The zero-order valence-corrected chi connectivity index (χ0v) is 10.3. The van der Waals surface area contributed by atoms with E-state index in [1.54, 1.807) is 16.7 Å². The number of ether oxygens (including phenoxy) is 1. The van der Waals surface area contributed by atoms with Gasteiger partial charge in [0.15, 0.2) is 0 Å². The number of rotatable bonds is 5. The normalized spacial score (nSPS) is 10.4. The summed E-state index contributed by atoms with van der Waals surface area (Å²) in [6.07, 6.45) is 1.45.